The zero-order valence-electron chi connectivity index (χ0n) is 8.98. The molecule has 0 unspecified atom stereocenters. The lowest BCUT2D eigenvalue weighted by Crippen LogP contribution is -2.09. The predicted octanol–water partition coefficient (Wildman–Crippen LogP) is 1.81. The van der Waals surface area contributed by atoms with E-state index in [1.165, 1.54) is 0 Å². The number of nitrogens with zero attached hydrogens (tertiary/aromatic N) is 2. The molecule has 0 fully saturated rings. The minimum Gasteiger partial charge on any atom is -0.428 e. The maximum atomic E-state index is 11.6. The number of halogens is 1. The number of aromatic amines is 1. The Morgan fingerprint density at radius 2 is 1.94 bits per heavy atom. The number of rotatable bonds is 1. The molecule has 1 aromatic carbocycles. The van der Waals surface area contributed by atoms with Gasteiger partial charge in [0, 0.05) is 10.6 Å². The first-order valence-electron chi connectivity index (χ1n) is 5.06. The fraction of sp³-hybridized carbons (Fsp3) is 0. The average molecular weight is 263 g/mol. The fourth-order valence-electron chi connectivity index (χ4n) is 1.57. The smallest absolute Gasteiger partial charge is 0.297 e. The number of hydrogen-bond donors (Lipinski definition) is 2. The number of nitrogen functional groups attached to an aromatic ring is 1. The highest BCUT2D eigenvalue weighted by molar-refractivity contribution is 6.30. The highest BCUT2D eigenvalue weighted by atomic mass is 35.5. The van der Waals surface area contributed by atoms with E-state index in [9.17, 15) is 4.79 Å². The summed E-state index contributed by atoms with van der Waals surface area (Å²) in [4.78, 5) is 21.9. The Hall–Kier alpha value is -2.34. The summed E-state index contributed by atoms with van der Waals surface area (Å²) >= 11 is 5.79. The first-order valence-corrected chi connectivity index (χ1v) is 5.43. The lowest BCUT2D eigenvalue weighted by molar-refractivity contribution is 0.614. The van der Waals surface area contributed by atoms with Crippen LogP contribution in [0.25, 0.3) is 22.7 Å². The van der Waals surface area contributed by atoms with Crippen molar-refractivity contribution in [1.82, 2.24) is 15.0 Å². The Morgan fingerprint density at radius 1 is 1.22 bits per heavy atom. The summed E-state index contributed by atoms with van der Waals surface area (Å²) in [6.07, 6.45) is 0. The molecular formula is C11H7ClN4O2. The van der Waals surface area contributed by atoms with Crippen molar-refractivity contribution in [3.05, 3.63) is 39.6 Å². The van der Waals surface area contributed by atoms with Crippen molar-refractivity contribution in [2.45, 2.75) is 0 Å². The Kier molecular flexibility index (Phi) is 2.31. The van der Waals surface area contributed by atoms with Crippen molar-refractivity contribution >= 4 is 28.8 Å². The van der Waals surface area contributed by atoms with Crippen LogP contribution < -0.4 is 11.3 Å². The van der Waals surface area contributed by atoms with Crippen LogP contribution in [-0.2, 0) is 0 Å². The van der Waals surface area contributed by atoms with Crippen molar-refractivity contribution in [1.29, 1.82) is 0 Å². The van der Waals surface area contributed by atoms with Crippen LogP contribution in [0.5, 0.6) is 0 Å². The van der Waals surface area contributed by atoms with E-state index in [1.54, 1.807) is 24.3 Å². The molecule has 0 amide bonds. The van der Waals surface area contributed by atoms with Crippen LogP contribution in [0.15, 0.2) is 33.5 Å². The minimum atomic E-state index is -0.454. The van der Waals surface area contributed by atoms with E-state index in [0.717, 1.165) is 0 Å². The summed E-state index contributed by atoms with van der Waals surface area (Å²) in [6, 6.07) is 6.89. The summed E-state index contributed by atoms with van der Waals surface area (Å²) in [6.45, 7) is 0. The zero-order valence-corrected chi connectivity index (χ0v) is 9.73. The molecule has 0 saturated carbocycles. The van der Waals surface area contributed by atoms with E-state index in [-0.39, 0.29) is 17.2 Å². The van der Waals surface area contributed by atoms with Gasteiger partial charge in [0.25, 0.3) is 5.56 Å². The van der Waals surface area contributed by atoms with E-state index in [0.29, 0.717) is 16.5 Å². The number of nitrogens with one attached hydrogen (secondary N) is 1. The molecule has 6 nitrogen and oxygen atoms in total. The summed E-state index contributed by atoms with van der Waals surface area (Å²) in [5.74, 6) is 0.300. The van der Waals surface area contributed by atoms with Crippen molar-refractivity contribution in [2.24, 2.45) is 0 Å². The molecule has 18 heavy (non-hydrogen) atoms. The zero-order chi connectivity index (χ0) is 12.7. The lowest BCUT2D eigenvalue weighted by Gasteiger charge is -1.93. The van der Waals surface area contributed by atoms with E-state index in [2.05, 4.69) is 15.0 Å². The third-order valence-electron chi connectivity index (χ3n) is 2.37. The number of nitrogens with two attached hydrogens (primary N) is 1. The third-order valence-corrected chi connectivity index (χ3v) is 2.63. The molecule has 90 valence electrons. The second-order valence-corrected chi connectivity index (χ2v) is 4.07. The molecule has 0 aliphatic rings. The number of fused-ring (bicyclic) bond motifs is 1. The van der Waals surface area contributed by atoms with Crippen LogP contribution in [0, 0.1) is 0 Å². The number of H-pyrrole nitrogens is 1. The summed E-state index contributed by atoms with van der Waals surface area (Å²) in [5.41, 5.74) is 5.91. The quantitative estimate of drug-likeness (QED) is 0.697. The van der Waals surface area contributed by atoms with E-state index in [1.807, 2.05) is 0 Å². The molecule has 0 radical (unpaired) electrons. The molecule has 3 aromatic rings. The van der Waals surface area contributed by atoms with Gasteiger partial charge in [-0.25, -0.2) is 0 Å². The van der Waals surface area contributed by atoms with Crippen molar-refractivity contribution in [3.63, 3.8) is 0 Å². The van der Waals surface area contributed by atoms with Crippen LogP contribution in [0.2, 0.25) is 5.02 Å². The molecule has 0 aliphatic heterocycles. The van der Waals surface area contributed by atoms with Gasteiger partial charge in [0.2, 0.25) is 23.1 Å². The van der Waals surface area contributed by atoms with E-state index < -0.39 is 5.56 Å². The molecule has 2 heterocycles. The van der Waals surface area contributed by atoms with Crippen molar-refractivity contribution in [3.8, 4) is 11.5 Å². The van der Waals surface area contributed by atoms with Crippen molar-refractivity contribution in [2.75, 3.05) is 5.73 Å². The molecule has 0 saturated heterocycles. The predicted molar refractivity (Wildman–Crippen MR) is 67.3 cm³/mol. The van der Waals surface area contributed by atoms with Crippen LogP contribution in [0.4, 0.5) is 5.95 Å². The standard InChI is InChI=1S/C11H7ClN4O2/c12-6-3-1-5(2-4-6)10-14-8-7(18-10)9(17)16-11(13)15-8/h1-4H,(H3,13,15,16,17). The molecule has 0 aliphatic carbocycles. The van der Waals surface area contributed by atoms with Crippen LogP contribution in [-0.4, -0.2) is 15.0 Å². The van der Waals surface area contributed by atoms with Crippen LogP contribution in [0.3, 0.4) is 0 Å². The molecule has 3 rings (SSSR count). The number of benzene rings is 1. The number of anilines is 1. The van der Waals surface area contributed by atoms with Gasteiger partial charge in [0.05, 0.1) is 0 Å². The molecular weight excluding hydrogens is 256 g/mol. The van der Waals surface area contributed by atoms with Gasteiger partial charge in [-0.1, -0.05) is 11.6 Å². The van der Waals surface area contributed by atoms with Crippen LogP contribution in [0.1, 0.15) is 0 Å². The topological polar surface area (TPSA) is 97.8 Å². The lowest BCUT2D eigenvalue weighted by atomic mass is 10.2. The first kappa shape index (κ1) is 10.8. The maximum absolute atomic E-state index is 11.6. The van der Waals surface area contributed by atoms with Gasteiger partial charge in [-0.2, -0.15) is 9.97 Å². The molecule has 0 bridgehead atoms. The van der Waals surface area contributed by atoms with Gasteiger partial charge in [-0.05, 0) is 24.3 Å². The van der Waals surface area contributed by atoms with Gasteiger partial charge >= 0.3 is 0 Å². The molecule has 0 spiro atoms. The van der Waals surface area contributed by atoms with Gasteiger partial charge in [0.15, 0.2) is 0 Å². The van der Waals surface area contributed by atoms with Gasteiger partial charge in [-0.3, -0.25) is 9.78 Å². The molecule has 2 aromatic heterocycles. The first-order chi connectivity index (χ1) is 8.63. The molecule has 7 heteroatoms. The normalized spacial score (nSPS) is 10.9. The third kappa shape index (κ3) is 1.72. The Bertz CT molecular complexity index is 776. The Morgan fingerprint density at radius 3 is 2.67 bits per heavy atom. The second-order valence-electron chi connectivity index (χ2n) is 3.63. The van der Waals surface area contributed by atoms with E-state index >= 15 is 0 Å². The Labute approximate surface area is 105 Å². The fourth-order valence-corrected chi connectivity index (χ4v) is 1.69. The number of aromatic nitrogens is 3. The highest BCUT2D eigenvalue weighted by Gasteiger charge is 2.12. The summed E-state index contributed by atoms with van der Waals surface area (Å²) < 4.78 is 5.36. The highest BCUT2D eigenvalue weighted by Crippen LogP contribution is 2.23. The van der Waals surface area contributed by atoms with E-state index in [4.69, 9.17) is 21.8 Å². The van der Waals surface area contributed by atoms with Crippen molar-refractivity contribution < 1.29 is 4.42 Å². The average Bonchev–Trinajstić information content (AvgIpc) is 2.74. The number of hydrogen-bond acceptors (Lipinski definition) is 5. The monoisotopic (exact) mass is 262 g/mol. The maximum Gasteiger partial charge on any atom is 0.297 e. The van der Waals surface area contributed by atoms with Crippen LogP contribution >= 0.6 is 11.6 Å². The van der Waals surface area contributed by atoms with Gasteiger partial charge in [-0.15, -0.1) is 0 Å². The summed E-state index contributed by atoms with van der Waals surface area (Å²) in [7, 11) is 0. The summed E-state index contributed by atoms with van der Waals surface area (Å²) in [5, 5.41) is 0.607. The Balaban J connectivity index is 2.22. The second kappa shape index (κ2) is 3.85. The minimum absolute atomic E-state index is 0.00320. The molecule has 3 N–H and O–H groups in total. The largest absolute Gasteiger partial charge is 0.428 e. The SMILES string of the molecule is Nc1nc2nc(-c3ccc(Cl)cc3)oc2c(=O)[nH]1. The van der Waals surface area contributed by atoms with Gasteiger partial charge < -0.3 is 10.2 Å². The molecule has 0 atom stereocenters. The number of oxazole rings is 1. The van der Waals surface area contributed by atoms with Gasteiger partial charge in [0.1, 0.15) is 0 Å².